The Morgan fingerprint density at radius 3 is 2.58 bits per heavy atom. The van der Waals surface area contributed by atoms with Crippen LogP contribution in [0.25, 0.3) is 0 Å². The lowest BCUT2D eigenvalue weighted by Gasteiger charge is -2.14. The number of halogens is 1. The highest BCUT2D eigenvalue weighted by Gasteiger charge is 2.12. The fourth-order valence-electron chi connectivity index (χ4n) is 1.51. The van der Waals surface area contributed by atoms with Crippen LogP contribution in [0.4, 0.5) is 0 Å². The van der Waals surface area contributed by atoms with Crippen molar-refractivity contribution in [2.45, 2.75) is 6.54 Å². The molecule has 5 nitrogen and oxygen atoms in total. The summed E-state index contributed by atoms with van der Waals surface area (Å²) < 4.78 is 33.6. The van der Waals surface area contributed by atoms with E-state index < -0.39 is 9.84 Å². The van der Waals surface area contributed by atoms with Gasteiger partial charge >= 0.3 is 0 Å². The summed E-state index contributed by atoms with van der Waals surface area (Å²) in [4.78, 5) is 0. The number of ether oxygens (including phenoxy) is 2. The molecule has 1 aromatic rings. The average molecular weight is 352 g/mol. The van der Waals surface area contributed by atoms with Gasteiger partial charge in [-0.1, -0.05) is 0 Å². The molecule has 0 radical (unpaired) electrons. The van der Waals surface area contributed by atoms with Gasteiger partial charge in [-0.05, 0) is 40.7 Å². The van der Waals surface area contributed by atoms with Crippen LogP contribution in [0, 0.1) is 0 Å². The van der Waals surface area contributed by atoms with Crippen LogP contribution in [0.1, 0.15) is 5.56 Å². The first-order chi connectivity index (χ1) is 8.87. The SMILES string of the molecule is CNCc1cc(Br)c(OCCS(C)(=O)=O)c(OC)c1. The maximum absolute atomic E-state index is 11.1. The molecule has 0 fully saturated rings. The highest BCUT2D eigenvalue weighted by atomic mass is 79.9. The third-order valence-electron chi connectivity index (χ3n) is 2.37. The van der Waals surface area contributed by atoms with Gasteiger partial charge in [0.1, 0.15) is 6.61 Å². The maximum atomic E-state index is 11.1. The standard InChI is InChI=1S/C12H18BrNO4S/c1-14-8-9-6-10(13)12(11(7-9)17-2)18-4-5-19(3,15)16/h6-7,14H,4-5,8H2,1-3H3. The number of methoxy groups -OCH3 is 1. The molecule has 1 rings (SSSR count). The molecule has 7 heteroatoms. The molecule has 19 heavy (non-hydrogen) atoms. The quantitative estimate of drug-likeness (QED) is 0.808. The second kappa shape index (κ2) is 7.12. The largest absolute Gasteiger partial charge is 0.493 e. The predicted molar refractivity (Wildman–Crippen MR) is 78.7 cm³/mol. The van der Waals surface area contributed by atoms with Crippen molar-refractivity contribution in [1.29, 1.82) is 0 Å². The molecule has 0 amide bonds. The van der Waals surface area contributed by atoms with Gasteiger partial charge in [-0.3, -0.25) is 0 Å². The average Bonchev–Trinajstić information content (AvgIpc) is 2.30. The highest BCUT2D eigenvalue weighted by Crippen LogP contribution is 2.36. The molecule has 0 unspecified atom stereocenters. The van der Waals surface area contributed by atoms with Crippen molar-refractivity contribution in [2.75, 3.05) is 32.8 Å². The normalized spacial score (nSPS) is 11.4. The Balaban J connectivity index is 2.87. The van der Waals surface area contributed by atoms with Gasteiger partial charge in [0.05, 0.1) is 17.3 Å². The van der Waals surface area contributed by atoms with Crippen molar-refractivity contribution in [1.82, 2.24) is 5.32 Å². The van der Waals surface area contributed by atoms with E-state index in [1.807, 2.05) is 19.2 Å². The van der Waals surface area contributed by atoms with E-state index in [0.29, 0.717) is 18.0 Å². The van der Waals surface area contributed by atoms with Crippen LogP contribution in [0.5, 0.6) is 11.5 Å². The van der Waals surface area contributed by atoms with Crippen molar-refractivity contribution in [3.05, 3.63) is 22.2 Å². The van der Waals surface area contributed by atoms with Crippen LogP contribution in [-0.2, 0) is 16.4 Å². The van der Waals surface area contributed by atoms with E-state index in [-0.39, 0.29) is 12.4 Å². The Labute approximate surface area is 122 Å². The van der Waals surface area contributed by atoms with Gasteiger partial charge in [0.25, 0.3) is 0 Å². The maximum Gasteiger partial charge on any atom is 0.175 e. The topological polar surface area (TPSA) is 64.6 Å². The molecule has 0 spiro atoms. The Bertz CT molecular complexity index is 531. The van der Waals surface area contributed by atoms with Gasteiger partial charge in [0, 0.05) is 12.8 Å². The van der Waals surface area contributed by atoms with Crippen molar-refractivity contribution >= 4 is 25.8 Å². The van der Waals surface area contributed by atoms with E-state index in [4.69, 9.17) is 9.47 Å². The number of nitrogens with one attached hydrogen (secondary N) is 1. The van der Waals surface area contributed by atoms with Crippen molar-refractivity contribution in [3.8, 4) is 11.5 Å². The summed E-state index contributed by atoms with van der Waals surface area (Å²) in [7, 11) is 0.373. The van der Waals surface area contributed by atoms with Crippen molar-refractivity contribution < 1.29 is 17.9 Å². The molecule has 0 saturated carbocycles. The van der Waals surface area contributed by atoms with Crippen LogP contribution in [0.2, 0.25) is 0 Å². The first-order valence-corrected chi connectivity index (χ1v) is 8.54. The minimum absolute atomic E-state index is 0.0269. The Morgan fingerprint density at radius 1 is 1.37 bits per heavy atom. The number of hydrogen-bond acceptors (Lipinski definition) is 5. The lowest BCUT2D eigenvalue weighted by atomic mass is 10.2. The number of benzene rings is 1. The zero-order valence-corrected chi connectivity index (χ0v) is 13.6. The van der Waals surface area contributed by atoms with Crippen LogP contribution in [-0.4, -0.2) is 41.2 Å². The Kier molecular flexibility index (Phi) is 6.09. The van der Waals surface area contributed by atoms with E-state index in [9.17, 15) is 8.42 Å². The lowest BCUT2D eigenvalue weighted by molar-refractivity contribution is 0.309. The molecule has 1 N–H and O–H groups in total. The van der Waals surface area contributed by atoms with E-state index in [0.717, 1.165) is 10.0 Å². The van der Waals surface area contributed by atoms with Crippen LogP contribution in [0.3, 0.4) is 0 Å². The lowest BCUT2D eigenvalue weighted by Crippen LogP contribution is -2.13. The molecule has 0 aliphatic carbocycles. The van der Waals surface area contributed by atoms with Gasteiger partial charge in [-0.25, -0.2) is 8.42 Å². The highest BCUT2D eigenvalue weighted by molar-refractivity contribution is 9.10. The zero-order chi connectivity index (χ0) is 14.5. The first kappa shape index (κ1) is 16.3. The van der Waals surface area contributed by atoms with E-state index in [1.165, 1.54) is 6.26 Å². The fraction of sp³-hybridized carbons (Fsp3) is 0.500. The summed E-state index contributed by atoms with van der Waals surface area (Å²) in [6, 6.07) is 3.77. The Morgan fingerprint density at radius 2 is 2.05 bits per heavy atom. The summed E-state index contributed by atoms with van der Waals surface area (Å²) in [5.74, 6) is 1.07. The summed E-state index contributed by atoms with van der Waals surface area (Å²) in [6.45, 7) is 0.803. The van der Waals surface area contributed by atoms with Crippen molar-refractivity contribution in [2.24, 2.45) is 0 Å². The smallest absolute Gasteiger partial charge is 0.175 e. The zero-order valence-electron chi connectivity index (χ0n) is 11.2. The molecule has 1 aromatic carbocycles. The molecule has 0 saturated heterocycles. The molecule has 0 bridgehead atoms. The van der Waals surface area contributed by atoms with Crippen LogP contribution < -0.4 is 14.8 Å². The molecule has 0 atom stereocenters. The van der Waals surface area contributed by atoms with Crippen LogP contribution in [0.15, 0.2) is 16.6 Å². The number of rotatable bonds is 7. The summed E-state index contributed by atoms with van der Waals surface area (Å²) >= 11 is 3.41. The number of sulfone groups is 1. The Hall–Kier alpha value is -0.790. The second-order valence-corrected chi connectivity index (χ2v) is 7.23. The van der Waals surface area contributed by atoms with Gasteiger partial charge < -0.3 is 14.8 Å². The van der Waals surface area contributed by atoms with Gasteiger partial charge in [0.15, 0.2) is 21.3 Å². The van der Waals surface area contributed by atoms with Gasteiger partial charge in [-0.2, -0.15) is 0 Å². The predicted octanol–water partition coefficient (Wildman–Crippen LogP) is 1.60. The second-order valence-electron chi connectivity index (χ2n) is 4.12. The monoisotopic (exact) mass is 351 g/mol. The minimum Gasteiger partial charge on any atom is -0.493 e. The molecule has 0 heterocycles. The van der Waals surface area contributed by atoms with Gasteiger partial charge in [-0.15, -0.1) is 0 Å². The van der Waals surface area contributed by atoms with E-state index in [1.54, 1.807) is 7.11 Å². The van der Waals surface area contributed by atoms with E-state index in [2.05, 4.69) is 21.2 Å². The fourth-order valence-corrected chi connectivity index (χ4v) is 2.50. The molecule has 0 aromatic heterocycles. The number of hydrogen-bond donors (Lipinski definition) is 1. The minimum atomic E-state index is -3.03. The van der Waals surface area contributed by atoms with Gasteiger partial charge in [0.2, 0.25) is 0 Å². The molecule has 0 aliphatic heterocycles. The van der Waals surface area contributed by atoms with Crippen LogP contribution >= 0.6 is 15.9 Å². The summed E-state index contributed by atoms with van der Waals surface area (Å²) in [5, 5.41) is 3.05. The molecule has 0 aliphatic rings. The molecule has 108 valence electrons. The first-order valence-electron chi connectivity index (χ1n) is 5.69. The summed E-state index contributed by atoms with van der Waals surface area (Å²) in [6.07, 6.45) is 1.18. The third-order valence-corrected chi connectivity index (χ3v) is 3.87. The molecular formula is C12H18BrNO4S. The van der Waals surface area contributed by atoms with E-state index >= 15 is 0 Å². The van der Waals surface area contributed by atoms with Crippen molar-refractivity contribution in [3.63, 3.8) is 0 Å². The third kappa shape index (κ3) is 5.38. The summed E-state index contributed by atoms with van der Waals surface area (Å²) in [5.41, 5.74) is 1.04. The molecular weight excluding hydrogens is 334 g/mol.